The van der Waals surface area contributed by atoms with E-state index in [4.69, 9.17) is 26.9 Å². The number of aliphatic hydroxyl groups is 3. The second kappa shape index (κ2) is 3.17. The Bertz CT molecular complexity index is 114. The fourth-order valence-corrected chi connectivity index (χ4v) is 0.470. The van der Waals surface area contributed by atoms with E-state index in [2.05, 4.69) is 0 Å². The Hall–Kier alpha value is -0.0900. The first-order valence-electron chi connectivity index (χ1n) is 2.51. The minimum absolute atomic E-state index is 0.370. The number of rotatable bonds is 2. The molecule has 3 nitrogen and oxygen atoms in total. The van der Waals surface area contributed by atoms with Crippen molar-refractivity contribution < 1.29 is 15.3 Å². The summed E-state index contributed by atoms with van der Waals surface area (Å²) in [6.45, 7) is 1.76. The first-order valence-corrected chi connectivity index (χ1v) is 2.89. The number of hydrogen-bond acceptors (Lipinski definition) is 3. The van der Waals surface area contributed by atoms with Crippen molar-refractivity contribution in [1.82, 2.24) is 0 Å². The average Bonchev–Trinajstić information content (AvgIpc) is 1.64. The third-order valence-corrected chi connectivity index (χ3v) is 1.11. The van der Waals surface area contributed by atoms with Gasteiger partial charge in [-0.3, -0.25) is 0 Å². The highest BCUT2D eigenvalue weighted by atomic mass is 35.5. The lowest BCUT2D eigenvalue weighted by atomic mass is 10.4. The van der Waals surface area contributed by atoms with Crippen LogP contribution >= 0.6 is 11.6 Å². The molecule has 0 amide bonds. The lowest BCUT2D eigenvalue weighted by molar-refractivity contribution is -0.277. The van der Waals surface area contributed by atoms with E-state index in [-0.39, 0.29) is 5.03 Å². The SMILES string of the molecule is CCC=C(Cl)C(O)(O)O. The largest absolute Gasteiger partial charge is 0.339 e. The Morgan fingerprint density at radius 2 is 2.00 bits per heavy atom. The van der Waals surface area contributed by atoms with Crippen molar-refractivity contribution in [2.75, 3.05) is 0 Å². The van der Waals surface area contributed by atoms with Crippen LogP contribution in [0.25, 0.3) is 0 Å². The monoisotopic (exact) mass is 152 g/mol. The summed E-state index contributed by atoms with van der Waals surface area (Å²) in [5.41, 5.74) is 0. The molecule has 4 heteroatoms. The standard InChI is InChI=1S/C5H9ClO3/c1-2-3-4(6)5(7,8)9/h3,7-9H,2H2,1H3. The van der Waals surface area contributed by atoms with E-state index >= 15 is 0 Å². The van der Waals surface area contributed by atoms with Gasteiger partial charge in [0.1, 0.15) is 5.03 Å². The summed E-state index contributed by atoms with van der Waals surface area (Å²) in [6, 6.07) is 0. The van der Waals surface area contributed by atoms with E-state index in [0.29, 0.717) is 6.42 Å². The van der Waals surface area contributed by atoms with Gasteiger partial charge in [-0.25, -0.2) is 0 Å². The van der Waals surface area contributed by atoms with Gasteiger partial charge in [0.05, 0.1) is 0 Å². The number of halogens is 1. The zero-order chi connectivity index (χ0) is 7.49. The molecule has 0 aliphatic carbocycles. The molecule has 0 spiro atoms. The Labute approximate surface area is 58.2 Å². The summed E-state index contributed by atoms with van der Waals surface area (Å²) in [5, 5.41) is 24.6. The minimum Gasteiger partial charge on any atom is -0.339 e. The highest BCUT2D eigenvalue weighted by Crippen LogP contribution is 2.14. The van der Waals surface area contributed by atoms with Gasteiger partial charge < -0.3 is 15.3 Å². The predicted octanol–water partition coefficient (Wildman–Crippen LogP) is 0.150. The summed E-state index contributed by atoms with van der Waals surface area (Å²) in [5.74, 6) is -2.86. The van der Waals surface area contributed by atoms with Crippen molar-refractivity contribution in [1.29, 1.82) is 0 Å². The highest BCUT2D eigenvalue weighted by molar-refractivity contribution is 6.30. The maximum absolute atomic E-state index is 8.33. The summed E-state index contributed by atoms with van der Waals surface area (Å²) in [7, 11) is 0. The third kappa shape index (κ3) is 3.48. The molecule has 0 heterocycles. The van der Waals surface area contributed by atoms with Crippen LogP contribution in [0.5, 0.6) is 0 Å². The highest BCUT2D eigenvalue weighted by Gasteiger charge is 2.22. The van der Waals surface area contributed by atoms with Crippen LogP contribution in [-0.2, 0) is 0 Å². The van der Waals surface area contributed by atoms with E-state index in [0.717, 1.165) is 0 Å². The summed E-state index contributed by atoms with van der Waals surface area (Å²) < 4.78 is 0. The zero-order valence-electron chi connectivity index (χ0n) is 5.00. The molecule has 0 fully saturated rings. The lowest BCUT2D eigenvalue weighted by Crippen LogP contribution is -2.27. The molecule has 0 aliphatic heterocycles. The molecule has 0 aliphatic rings. The Morgan fingerprint density at radius 1 is 1.56 bits per heavy atom. The van der Waals surface area contributed by atoms with Gasteiger partial charge in [-0.2, -0.15) is 0 Å². The van der Waals surface area contributed by atoms with E-state index in [1.165, 1.54) is 6.08 Å². The van der Waals surface area contributed by atoms with Crippen LogP contribution in [0.15, 0.2) is 11.1 Å². The van der Waals surface area contributed by atoms with Crippen LogP contribution in [0.4, 0.5) is 0 Å². The Kier molecular flexibility index (Phi) is 3.14. The third-order valence-electron chi connectivity index (χ3n) is 0.704. The van der Waals surface area contributed by atoms with Crippen molar-refractivity contribution in [2.24, 2.45) is 0 Å². The van der Waals surface area contributed by atoms with Gasteiger partial charge in [-0.15, -0.1) is 0 Å². The molecule has 0 radical (unpaired) electrons. The maximum Gasteiger partial charge on any atom is 0.315 e. The van der Waals surface area contributed by atoms with Crippen LogP contribution in [0, 0.1) is 0 Å². The molecule has 3 N–H and O–H groups in total. The molecule has 0 aromatic carbocycles. The van der Waals surface area contributed by atoms with Crippen LogP contribution < -0.4 is 0 Å². The predicted molar refractivity (Wildman–Crippen MR) is 33.6 cm³/mol. The molecule has 0 atom stereocenters. The smallest absolute Gasteiger partial charge is 0.315 e. The second-order valence-electron chi connectivity index (χ2n) is 1.60. The fraction of sp³-hybridized carbons (Fsp3) is 0.600. The summed E-state index contributed by atoms with van der Waals surface area (Å²) in [6.07, 6.45) is 1.85. The molecule has 0 bridgehead atoms. The van der Waals surface area contributed by atoms with Gasteiger partial charge >= 0.3 is 5.97 Å². The minimum atomic E-state index is -2.86. The van der Waals surface area contributed by atoms with Gasteiger partial charge in [0, 0.05) is 0 Å². The van der Waals surface area contributed by atoms with Crippen LogP contribution in [0.2, 0.25) is 0 Å². The lowest BCUT2D eigenvalue weighted by Gasteiger charge is -2.11. The Morgan fingerprint density at radius 3 is 2.11 bits per heavy atom. The molecular weight excluding hydrogens is 144 g/mol. The molecule has 0 saturated carbocycles. The second-order valence-corrected chi connectivity index (χ2v) is 2.00. The van der Waals surface area contributed by atoms with Gasteiger partial charge in [0.15, 0.2) is 0 Å². The van der Waals surface area contributed by atoms with Gasteiger partial charge in [0.25, 0.3) is 0 Å². The average molecular weight is 153 g/mol. The summed E-state index contributed by atoms with van der Waals surface area (Å²) in [4.78, 5) is 0. The summed E-state index contributed by atoms with van der Waals surface area (Å²) >= 11 is 5.17. The number of hydrogen-bond donors (Lipinski definition) is 3. The van der Waals surface area contributed by atoms with Crippen molar-refractivity contribution >= 4 is 11.6 Å². The van der Waals surface area contributed by atoms with Gasteiger partial charge in [-0.05, 0) is 6.42 Å². The van der Waals surface area contributed by atoms with Crippen molar-refractivity contribution in [2.45, 2.75) is 19.3 Å². The van der Waals surface area contributed by atoms with E-state index in [1.807, 2.05) is 0 Å². The number of allylic oxidation sites excluding steroid dienone is 1. The van der Waals surface area contributed by atoms with E-state index < -0.39 is 5.97 Å². The van der Waals surface area contributed by atoms with Gasteiger partial charge in [0.2, 0.25) is 0 Å². The molecule has 9 heavy (non-hydrogen) atoms. The normalized spacial score (nSPS) is 14.1. The molecule has 0 unspecified atom stereocenters. The van der Waals surface area contributed by atoms with Crippen molar-refractivity contribution in [3.05, 3.63) is 11.1 Å². The maximum atomic E-state index is 8.33. The quantitative estimate of drug-likeness (QED) is 0.494. The van der Waals surface area contributed by atoms with Crippen LogP contribution in [-0.4, -0.2) is 21.3 Å². The molecule has 0 aromatic rings. The van der Waals surface area contributed by atoms with Crippen LogP contribution in [0.1, 0.15) is 13.3 Å². The molecule has 54 valence electrons. The molecule has 0 saturated heterocycles. The van der Waals surface area contributed by atoms with Crippen LogP contribution in [0.3, 0.4) is 0 Å². The molecule has 0 rings (SSSR count). The van der Waals surface area contributed by atoms with E-state index in [9.17, 15) is 0 Å². The Balaban J connectivity index is 4.03. The topological polar surface area (TPSA) is 60.7 Å². The molecular formula is C5H9ClO3. The fourth-order valence-electron chi connectivity index (χ4n) is 0.316. The molecule has 0 aromatic heterocycles. The first kappa shape index (κ1) is 8.91. The first-order chi connectivity index (χ1) is 3.98. The van der Waals surface area contributed by atoms with Crippen molar-refractivity contribution in [3.8, 4) is 0 Å². The van der Waals surface area contributed by atoms with Gasteiger partial charge in [-0.1, -0.05) is 24.6 Å². The zero-order valence-corrected chi connectivity index (χ0v) is 5.76. The van der Waals surface area contributed by atoms with Crippen molar-refractivity contribution in [3.63, 3.8) is 0 Å². The van der Waals surface area contributed by atoms with E-state index in [1.54, 1.807) is 6.92 Å².